The topological polar surface area (TPSA) is 35.5 Å². The molecule has 0 aromatic heterocycles. The molecule has 0 atom stereocenters. The molecule has 0 amide bonds. The summed E-state index contributed by atoms with van der Waals surface area (Å²) in [5.74, 6) is 0.144. The Morgan fingerprint density at radius 3 is 2.29 bits per heavy atom. The van der Waals surface area contributed by atoms with Gasteiger partial charge < -0.3 is 9.47 Å². The smallest absolute Gasteiger partial charge is 0.174 e. The Hall–Kier alpha value is -1.88. The zero-order chi connectivity index (χ0) is 15.4. The van der Waals surface area contributed by atoms with Gasteiger partial charge in [-0.3, -0.25) is 4.79 Å². The highest BCUT2D eigenvalue weighted by atomic mass is 79.9. The van der Waals surface area contributed by atoms with Crippen LogP contribution in [0.5, 0.6) is 11.5 Å². The number of carbonyl (C=O) groups excluding carboxylic acids is 1. The summed E-state index contributed by atoms with van der Waals surface area (Å²) in [7, 11) is 2.96. The molecule has 0 heterocycles. The van der Waals surface area contributed by atoms with Gasteiger partial charge in [0.2, 0.25) is 0 Å². The molecule has 0 aliphatic heterocycles. The van der Waals surface area contributed by atoms with Gasteiger partial charge in [0.15, 0.2) is 5.78 Å². The fourth-order valence-electron chi connectivity index (χ4n) is 2.05. The summed E-state index contributed by atoms with van der Waals surface area (Å²) in [4.78, 5) is 12.5. The number of carbonyl (C=O) groups is 1. The standard InChI is InChI=1S/C16H14BrFO3/c1-20-14-4-3-5-15(21-2)16(14)13(19)8-10-6-7-11(17)9-12(10)18/h3-7,9H,8H2,1-2H3. The highest BCUT2D eigenvalue weighted by Gasteiger charge is 2.19. The molecular weight excluding hydrogens is 339 g/mol. The third-order valence-electron chi connectivity index (χ3n) is 3.07. The normalized spacial score (nSPS) is 10.3. The number of methoxy groups -OCH3 is 2. The van der Waals surface area contributed by atoms with Gasteiger partial charge in [0, 0.05) is 10.9 Å². The molecule has 0 fully saturated rings. The predicted octanol–water partition coefficient (Wildman–Crippen LogP) is 4.03. The van der Waals surface area contributed by atoms with Gasteiger partial charge in [-0.25, -0.2) is 4.39 Å². The van der Waals surface area contributed by atoms with Gasteiger partial charge in [-0.15, -0.1) is 0 Å². The fourth-order valence-corrected chi connectivity index (χ4v) is 2.39. The molecular formula is C16H14BrFO3. The summed E-state index contributed by atoms with van der Waals surface area (Å²) in [5.41, 5.74) is 0.654. The van der Waals surface area contributed by atoms with Crippen molar-refractivity contribution in [1.29, 1.82) is 0 Å². The largest absolute Gasteiger partial charge is 0.496 e. The minimum atomic E-state index is -0.424. The second kappa shape index (κ2) is 6.72. The lowest BCUT2D eigenvalue weighted by Crippen LogP contribution is -2.09. The average Bonchev–Trinajstić information content (AvgIpc) is 2.49. The quantitative estimate of drug-likeness (QED) is 0.762. The van der Waals surface area contributed by atoms with Gasteiger partial charge in [0.05, 0.1) is 14.2 Å². The van der Waals surface area contributed by atoms with Crippen LogP contribution in [0.15, 0.2) is 40.9 Å². The molecule has 0 bridgehead atoms. The highest BCUT2D eigenvalue weighted by molar-refractivity contribution is 9.10. The van der Waals surface area contributed by atoms with Crippen LogP contribution in [0.4, 0.5) is 4.39 Å². The van der Waals surface area contributed by atoms with Crippen molar-refractivity contribution in [3.8, 4) is 11.5 Å². The summed E-state index contributed by atoms with van der Waals surface area (Å²) < 4.78 is 24.9. The summed E-state index contributed by atoms with van der Waals surface area (Å²) >= 11 is 3.19. The van der Waals surface area contributed by atoms with Crippen LogP contribution < -0.4 is 9.47 Å². The van der Waals surface area contributed by atoms with E-state index < -0.39 is 5.82 Å². The molecule has 0 aliphatic carbocycles. The van der Waals surface area contributed by atoms with E-state index in [0.29, 0.717) is 27.1 Å². The van der Waals surface area contributed by atoms with Gasteiger partial charge in [-0.05, 0) is 29.8 Å². The minimum Gasteiger partial charge on any atom is -0.496 e. The van der Waals surface area contributed by atoms with Crippen molar-refractivity contribution in [3.63, 3.8) is 0 Å². The van der Waals surface area contributed by atoms with Crippen LogP contribution >= 0.6 is 15.9 Å². The van der Waals surface area contributed by atoms with Crippen molar-refractivity contribution in [3.05, 3.63) is 57.8 Å². The Bertz CT molecular complexity index is 648. The number of rotatable bonds is 5. The summed E-state index contributed by atoms with van der Waals surface area (Å²) in [6.07, 6.45) is -0.0597. The molecule has 0 saturated carbocycles. The van der Waals surface area contributed by atoms with Gasteiger partial charge in [0.25, 0.3) is 0 Å². The molecule has 2 aromatic carbocycles. The van der Waals surface area contributed by atoms with E-state index in [-0.39, 0.29) is 12.2 Å². The number of ketones is 1. The van der Waals surface area contributed by atoms with E-state index in [1.54, 1.807) is 30.3 Å². The molecule has 2 aromatic rings. The van der Waals surface area contributed by atoms with E-state index in [1.165, 1.54) is 20.3 Å². The van der Waals surface area contributed by atoms with Crippen LogP contribution in [0, 0.1) is 5.82 Å². The van der Waals surface area contributed by atoms with Crippen molar-refractivity contribution in [2.75, 3.05) is 14.2 Å². The summed E-state index contributed by atoms with van der Waals surface area (Å²) in [6, 6.07) is 9.70. The molecule has 2 rings (SSSR count). The number of Topliss-reactive ketones (excluding diaryl/α,β-unsaturated/α-hetero) is 1. The Kier molecular flexibility index (Phi) is 4.96. The van der Waals surface area contributed by atoms with E-state index >= 15 is 0 Å². The fraction of sp³-hybridized carbons (Fsp3) is 0.188. The molecule has 3 nitrogen and oxygen atoms in total. The lowest BCUT2D eigenvalue weighted by atomic mass is 10.0. The molecule has 0 aliphatic rings. The van der Waals surface area contributed by atoms with E-state index in [9.17, 15) is 9.18 Å². The van der Waals surface area contributed by atoms with E-state index in [4.69, 9.17) is 9.47 Å². The number of hydrogen-bond donors (Lipinski definition) is 0. The molecule has 0 N–H and O–H groups in total. The van der Waals surface area contributed by atoms with Crippen molar-refractivity contribution < 1.29 is 18.7 Å². The maximum Gasteiger partial charge on any atom is 0.174 e. The Balaban J connectivity index is 2.36. The van der Waals surface area contributed by atoms with Gasteiger partial charge >= 0.3 is 0 Å². The zero-order valence-electron chi connectivity index (χ0n) is 11.7. The summed E-state index contributed by atoms with van der Waals surface area (Å²) in [5, 5.41) is 0. The number of hydrogen-bond acceptors (Lipinski definition) is 3. The molecule has 110 valence electrons. The SMILES string of the molecule is COc1cccc(OC)c1C(=O)Cc1ccc(Br)cc1F. The number of halogens is 2. The van der Waals surface area contributed by atoms with Crippen molar-refractivity contribution in [2.24, 2.45) is 0 Å². The first-order chi connectivity index (χ1) is 10.1. The van der Waals surface area contributed by atoms with Crippen molar-refractivity contribution in [2.45, 2.75) is 6.42 Å². The summed E-state index contributed by atoms with van der Waals surface area (Å²) in [6.45, 7) is 0. The van der Waals surface area contributed by atoms with Crippen molar-refractivity contribution in [1.82, 2.24) is 0 Å². The monoisotopic (exact) mass is 352 g/mol. The van der Waals surface area contributed by atoms with Crippen LogP contribution in [-0.2, 0) is 6.42 Å². The van der Waals surface area contributed by atoms with Gasteiger partial charge in [0.1, 0.15) is 22.9 Å². The molecule has 0 spiro atoms. The molecule has 5 heteroatoms. The van der Waals surface area contributed by atoms with Crippen molar-refractivity contribution >= 4 is 21.7 Å². The van der Waals surface area contributed by atoms with Crippen LogP contribution in [0.3, 0.4) is 0 Å². The number of benzene rings is 2. The van der Waals surface area contributed by atoms with Crippen LogP contribution in [-0.4, -0.2) is 20.0 Å². The molecule has 0 saturated heterocycles. The predicted molar refractivity (Wildman–Crippen MR) is 81.7 cm³/mol. The lowest BCUT2D eigenvalue weighted by Gasteiger charge is -2.12. The minimum absolute atomic E-state index is 0.0597. The highest BCUT2D eigenvalue weighted by Crippen LogP contribution is 2.30. The third-order valence-corrected chi connectivity index (χ3v) is 3.57. The lowest BCUT2D eigenvalue weighted by molar-refractivity contribution is 0.0985. The maximum atomic E-state index is 13.8. The Morgan fingerprint density at radius 2 is 1.76 bits per heavy atom. The number of ether oxygens (including phenoxy) is 2. The van der Waals surface area contributed by atoms with Gasteiger partial charge in [-0.2, -0.15) is 0 Å². The second-order valence-corrected chi connectivity index (χ2v) is 5.29. The maximum absolute atomic E-state index is 13.8. The Morgan fingerprint density at radius 1 is 1.14 bits per heavy atom. The van der Waals surface area contributed by atoms with E-state index in [0.717, 1.165) is 0 Å². The first-order valence-corrected chi connectivity index (χ1v) is 7.04. The van der Waals surface area contributed by atoms with E-state index in [2.05, 4.69) is 15.9 Å². The van der Waals surface area contributed by atoms with Gasteiger partial charge in [-0.1, -0.05) is 28.1 Å². The molecule has 0 unspecified atom stereocenters. The Labute approximate surface area is 130 Å². The van der Waals surface area contributed by atoms with E-state index in [1.807, 2.05) is 0 Å². The molecule has 21 heavy (non-hydrogen) atoms. The van der Waals surface area contributed by atoms with Crippen LogP contribution in [0.1, 0.15) is 15.9 Å². The first kappa shape index (κ1) is 15.5. The second-order valence-electron chi connectivity index (χ2n) is 4.37. The average molecular weight is 353 g/mol. The van der Waals surface area contributed by atoms with Crippen LogP contribution in [0.25, 0.3) is 0 Å². The molecule has 0 radical (unpaired) electrons. The zero-order valence-corrected chi connectivity index (χ0v) is 13.2. The third kappa shape index (κ3) is 3.42. The first-order valence-electron chi connectivity index (χ1n) is 6.25. The van der Waals surface area contributed by atoms with Crippen LogP contribution in [0.2, 0.25) is 0 Å².